The SMILES string of the molecule is CCC(CC)(CC)CNC(C)C. The summed E-state index contributed by atoms with van der Waals surface area (Å²) >= 11 is 0. The Morgan fingerprint density at radius 2 is 1.42 bits per heavy atom. The maximum absolute atomic E-state index is 3.54. The molecule has 12 heavy (non-hydrogen) atoms. The van der Waals surface area contributed by atoms with Crippen molar-refractivity contribution in [2.75, 3.05) is 6.54 Å². The summed E-state index contributed by atoms with van der Waals surface area (Å²) < 4.78 is 0. The van der Waals surface area contributed by atoms with E-state index >= 15 is 0 Å². The van der Waals surface area contributed by atoms with Crippen molar-refractivity contribution in [3.05, 3.63) is 0 Å². The molecular weight excluding hydrogens is 146 g/mol. The maximum atomic E-state index is 3.54. The topological polar surface area (TPSA) is 12.0 Å². The second kappa shape index (κ2) is 5.58. The van der Waals surface area contributed by atoms with Gasteiger partial charge in [-0.15, -0.1) is 0 Å². The molecule has 0 rings (SSSR count). The van der Waals surface area contributed by atoms with E-state index < -0.39 is 0 Å². The van der Waals surface area contributed by atoms with Gasteiger partial charge in [0.05, 0.1) is 0 Å². The predicted molar refractivity (Wildman–Crippen MR) is 56.4 cm³/mol. The van der Waals surface area contributed by atoms with Gasteiger partial charge in [0.25, 0.3) is 0 Å². The summed E-state index contributed by atoms with van der Waals surface area (Å²) in [4.78, 5) is 0. The lowest BCUT2D eigenvalue weighted by Crippen LogP contribution is -2.36. The molecule has 0 aromatic heterocycles. The van der Waals surface area contributed by atoms with E-state index in [0.29, 0.717) is 11.5 Å². The van der Waals surface area contributed by atoms with Crippen LogP contribution in [0.15, 0.2) is 0 Å². The largest absolute Gasteiger partial charge is 0.314 e. The minimum Gasteiger partial charge on any atom is -0.314 e. The Bertz CT molecular complexity index is 95.3. The average molecular weight is 171 g/mol. The van der Waals surface area contributed by atoms with Crippen LogP contribution in [0.3, 0.4) is 0 Å². The third-order valence-corrected chi connectivity index (χ3v) is 3.14. The van der Waals surface area contributed by atoms with Crippen LogP contribution in [0, 0.1) is 5.41 Å². The summed E-state index contributed by atoms with van der Waals surface area (Å²) in [5.74, 6) is 0. The van der Waals surface area contributed by atoms with Crippen molar-refractivity contribution in [3.63, 3.8) is 0 Å². The predicted octanol–water partition coefficient (Wildman–Crippen LogP) is 3.20. The van der Waals surface area contributed by atoms with Gasteiger partial charge in [0.1, 0.15) is 0 Å². The van der Waals surface area contributed by atoms with Crippen LogP contribution in [0.25, 0.3) is 0 Å². The zero-order chi connectivity index (χ0) is 9.61. The minimum atomic E-state index is 0.546. The Balaban J connectivity index is 3.93. The monoisotopic (exact) mass is 171 g/mol. The first-order valence-corrected chi connectivity index (χ1v) is 5.33. The first-order chi connectivity index (χ1) is 5.60. The molecule has 0 aliphatic rings. The van der Waals surface area contributed by atoms with Crippen LogP contribution in [-0.4, -0.2) is 12.6 Å². The fourth-order valence-electron chi connectivity index (χ4n) is 1.55. The van der Waals surface area contributed by atoms with Gasteiger partial charge < -0.3 is 5.32 Å². The molecule has 0 fully saturated rings. The van der Waals surface area contributed by atoms with Crippen LogP contribution in [0.2, 0.25) is 0 Å². The highest BCUT2D eigenvalue weighted by Crippen LogP contribution is 2.29. The molecule has 0 amide bonds. The quantitative estimate of drug-likeness (QED) is 0.647. The van der Waals surface area contributed by atoms with Crippen molar-refractivity contribution in [3.8, 4) is 0 Å². The molecule has 1 nitrogen and oxygen atoms in total. The van der Waals surface area contributed by atoms with E-state index in [9.17, 15) is 0 Å². The summed E-state index contributed by atoms with van der Waals surface area (Å²) in [5.41, 5.74) is 0.546. The molecule has 1 heteroatoms. The highest BCUT2D eigenvalue weighted by atomic mass is 14.9. The Morgan fingerprint density at radius 1 is 1.00 bits per heavy atom. The molecule has 1 N–H and O–H groups in total. The number of rotatable bonds is 6. The first-order valence-electron chi connectivity index (χ1n) is 5.33. The summed E-state index contributed by atoms with van der Waals surface area (Å²) in [7, 11) is 0. The van der Waals surface area contributed by atoms with Crippen LogP contribution in [0.5, 0.6) is 0 Å². The molecule has 0 heterocycles. The molecule has 0 unspecified atom stereocenters. The second-order valence-electron chi connectivity index (χ2n) is 4.10. The van der Waals surface area contributed by atoms with Gasteiger partial charge in [0, 0.05) is 12.6 Å². The van der Waals surface area contributed by atoms with E-state index in [2.05, 4.69) is 39.9 Å². The van der Waals surface area contributed by atoms with Crippen molar-refractivity contribution < 1.29 is 0 Å². The second-order valence-corrected chi connectivity index (χ2v) is 4.10. The molecular formula is C11H25N. The molecule has 0 radical (unpaired) electrons. The molecule has 0 saturated carbocycles. The van der Waals surface area contributed by atoms with Crippen LogP contribution < -0.4 is 5.32 Å². The van der Waals surface area contributed by atoms with Gasteiger partial charge >= 0.3 is 0 Å². The van der Waals surface area contributed by atoms with Crippen LogP contribution in [0.4, 0.5) is 0 Å². The Kier molecular flexibility index (Phi) is 5.56. The smallest absolute Gasteiger partial charge is 0.00106 e. The van der Waals surface area contributed by atoms with E-state index in [-0.39, 0.29) is 0 Å². The Morgan fingerprint density at radius 3 is 1.67 bits per heavy atom. The molecule has 0 atom stereocenters. The zero-order valence-corrected chi connectivity index (χ0v) is 9.41. The molecule has 0 aliphatic heterocycles. The molecule has 0 aromatic rings. The van der Waals surface area contributed by atoms with Gasteiger partial charge in [-0.25, -0.2) is 0 Å². The van der Waals surface area contributed by atoms with Gasteiger partial charge in [-0.05, 0) is 24.7 Å². The van der Waals surface area contributed by atoms with Gasteiger partial charge in [-0.3, -0.25) is 0 Å². The summed E-state index contributed by atoms with van der Waals surface area (Å²) in [6.45, 7) is 12.5. The highest BCUT2D eigenvalue weighted by molar-refractivity contribution is 4.78. The lowest BCUT2D eigenvalue weighted by Gasteiger charge is -2.31. The lowest BCUT2D eigenvalue weighted by molar-refractivity contribution is 0.232. The summed E-state index contributed by atoms with van der Waals surface area (Å²) in [6, 6.07) is 0.619. The van der Waals surface area contributed by atoms with Gasteiger partial charge in [0.15, 0.2) is 0 Å². The number of hydrogen-bond donors (Lipinski definition) is 1. The van der Waals surface area contributed by atoms with Gasteiger partial charge in [-0.2, -0.15) is 0 Å². The van der Waals surface area contributed by atoms with Crippen molar-refractivity contribution in [1.29, 1.82) is 0 Å². The van der Waals surface area contributed by atoms with E-state index in [1.165, 1.54) is 25.8 Å². The van der Waals surface area contributed by atoms with Crippen molar-refractivity contribution in [2.45, 2.75) is 59.9 Å². The average Bonchev–Trinajstić information content (AvgIpc) is 2.08. The highest BCUT2D eigenvalue weighted by Gasteiger charge is 2.23. The van der Waals surface area contributed by atoms with E-state index in [0.717, 1.165) is 0 Å². The third-order valence-electron chi connectivity index (χ3n) is 3.14. The van der Waals surface area contributed by atoms with E-state index in [1.807, 2.05) is 0 Å². The third kappa shape index (κ3) is 3.57. The fourth-order valence-corrected chi connectivity index (χ4v) is 1.55. The molecule has 0 spiro atoms. The fraction of sp³-hybridized carbons (Fsp3) is 1.00. The molecule has 0 aromatic carbocycles. The number of nitrogens with one attached hydrogen (secondary N) is 1. The van der Waals surface area contributed by atoms with Crippen LogP contribution >= 0.6 is 0 Å². The first kappa shape index (κ1) is 12.0. The molecule has 74 valence electrons. The van der Waals surface area contributed by atoms with Crippen LogP contribution in [-0.2, 0) is 0 Å². The van der Waals surface area contributed by atoms with Crippen molar-refractivity contribution in [2.24, 2.45) is 5.41 Å². The minimum absolute atomic E-state index is 0.546. The lowest BCUT2D eigenvalue weighted by atomic mass is 9.80. The zero-order valence-electron chi connectivity index (χ0n) is 9.41. The van der Waals surface area contributed by atoms with E-state index in [4.69, 9.17) is 0 Å². The van der Waals surface area contributed by atoms with Crippen molar-refractivity contribution in [1.82, 2.24) is 5.32 Å². The van der Waals surface area contributed by atoms with E-state index in [1.54, 1.807) is 0 Å². The number of hydrogen-bond acceptors (Lipinski definition) is 1. The molecule has 0 aliphatic carbocycles. The Labute approximate surface area is 77.9 Å². The summed E-state index contributed by atoms with van der Waals surface area (Å²) in [5, 5.41) is 3.54. The van der Waals surface area contributed by atoms with Crippen molar-refractivity contribution >= 4 is 0 Å². The molecule has 0 bridgehead atoms. The Hall–Kier alpha value is -0.0400. The maximum Gasteiger partial charge on any atom is 0.00106 e. The summed E-state index contributed by atoms with van der Waals surface area (Å²) in [6.07, 6.45) is 3.87. The standard InChI is InChI=1S/C11H25N/c1-6-11(7-2,8-3)9-12-10(4)5/h10,12H,6-9H2,1-5H3. The normalized spacial score (nSPS) is 12.5. The van der Waals surface area contributed by atoms with Crippen LogP contribution in [0.1, 0.15) is 53.9 Å². The van der Waals surface area contributed by atoms with Gasteiger partial charge in [-0.1, -0.05) is 34.6 Å². The van der Waals surface area contributed by atoms with Gasteiger partial charge in [0.2, 0.25) is 0 Å². The molecule has 0 saturated heterocycles.